The summed E-state index contributed by atoms with van der Waals surface area (Å²) in [4.78, 5) is 14.0. The van der Waals surface area contributed by atoms with Crippen molar-refractivity contribution in [2.75, 3.05) is 5.32 Å². The van der Waals surface area contributed by atoms with Crippen LogP contribution in [0.15, 0.2) is 60.7 Å². The van der Waals surface area contributed by atoms with Crippen LogP contribution in [0.5, 0.6) is 0 Å². The van der Waals surface area contributed by atoms with E-state index in [0.29, 0.717) is 26.8 Å². The van der Waals surface area contributed by atoms with Crippen molar-refractivity contribution in [2.45, 2.75) is 6.92 Å². The monoisotopic (exact) mass is 396 g/mol. The number of halogens is 2. The lowest BCUT2D eigenvalue weighted by atomic mass is 10.1. The van der Waals surface area contributed by atoms with Crippen molar-refractivity contribution in [2.24, 2.45) is 0 Å². The highest BCUT2D eigenvalue weighted by Crippen LogP contribution is 2.23. The number of benzene rings is 3. The molecule has 4 rings (SSSR count). The van der Waals surface area contributed by atoms with Gasteiger partial charge in [0, 0.05) is 21.3 Å². The Balaban J connectivity index is 1.67. The SMILES string of the molecule is Cc1cc2nn(-c3ccc(Cl)cc3)nc2cc1NC(=O)c1cccc(Cl)c1. The minimum absolute atomic E-state index is 0.231. The van der Waals surface area contributed by atoms with E-state index in [2.05, 4.69) is 15.5 Å². The van der Waals surface area contributed by atoms with E-state index >= 15 is 0 Å². The lowest BCUT2D eigenvalue weighted by Gasteiger charge is -2.08. The summed E-state index contributed by atoms with van der Waals surface area (Å²) in [7, 11) is 0. The standard InChI is InChI=1S/C20H14Cl2N4O/c1-12-9-18-19(25-26(24-18)16-7-5-14(21)6-8-16)11-17(12)23-20(27)13-3-2-4-15(22)10-13/h2-11H,1H3,(H,23,27). The Morgan fingerprint density at radius 2 is 1.63 bits per heavy atom. The summed E-state index contributed by atoms with van der Waals surface area (Å²) in [6, 6.07) is 17.8. The van der Waals surface area contributed by atoms with Gasteiger partial charge >= 0.3 is 0 Å². The zero-order valence-corrected chi connectivity index (χ0v) is 15.8. The van der Waals surface area contributed by atoms with Gasteiger partial charge in [-0.25, -0.2) is 0 Å². The molecule has 0 saturated carbocycles. The number of nitrogens with zero attached hydrogens (tertiary/aromatic N) is 3. The van der Waals surface area contributed by atoms with Crippen molar-refractivity contribution in [3.8, 4) is 5.69 Å². The number of hydrogen-bond donors (Lipinski definition) is 1. The number of carbonyl (C=O) groups excluding carboxylic acids is 1. The van der Waals surface area contributed by atoms with Crippen LogP contribution < -0.4 is 5.32 Å². The first-order chi connectivity index (χ1) is 13.0. The summed E-state index contributed by atoms with van der Waals surface area (Å²) >= 11 is 11.9. The van der Waals surface area contributed by atoms with Crippen molar-refractivity contribution < 1.29 is 4.79 Å². The van der Waals surface area contributed by atoms with Gasteiger partial charge in [0.15, 0.2) is 0 Å². The Morgan fingerprint density at radius 3 is 2.33 bits per heavy atom. The Kier molecular flexibility index (Phi) is 4.56. The number of carbonyl (C=O) groups is 1. The summed E-state index contributed by atoms with van der Waals surface area (Å²) in [5, 5.41) is 13.1. The fraction of sp³-hybridized carbons (Fsp3) is 0.0500. The van der Waals surface area contributed by atoms with Crippen LogP contribution in [0.4, 0.5) is 5.69 Å². The third-order valence-corrected chi connectivity index (χ3v) is 4.61. The number of anilines is 1. The molecule has 0 unspecified atom stereocenters. The highest BCUT2D eigenvalue weighted by molar-refractivity contribution is 6.31. The summed E-state index contributed by atoms with van der Waals surface area (Å²) in [5.74, 6) is -0.231. The number of rotatable bonds is 3. The van der Waals surface area contributed by atoms with Crippen molar-refractivity contribution in [3.63, 3.8) is 0 Å². The van der Waals surface area contributed by atoms with Crippen LogP contribution in [0, 0.1) is 6.92 Å². The lowest BCUT2D eigenvalue weighted by Crippen LogP contribution is -2.12. The van der Waals surface area contributed by atoms with Crippen LogP contribution in [-0.4, -0.2) is 20.9 Å². The summed E-state index contributed by atoms with van der Waals surface area (Å²) in [5.41, 5.74) is 4.28. The molecule has 5 nitrogen and oxygen atoms in total. The van der Waals surface area contributed by atoms with E-state index in [1.807, 2.05) is 31.2 Å². The van der Waals surface area contributed by atoms with Gasteiger partial charge in [0.1, 0.15) is 11.0 Å². The van der Waals surface area contributed by atoms with Gasteiger partial charge in [0.2, 0.25) is 0 Å². The zero-order valence-electron chi connectivity index (χ0n) is 14.3. The molecule has 0 aliphatic carbocycles. The van der Waals surface area contributed by atoms with Crippen LogP contribution >= 0.6 is 23.2 Å². The van der Waals surface area contributed by atoms with Gasteiger partial charge in [-0.15, -0.1) is 10.2 Å². The molecule has 0 radical (unpaired) electrons. The van der Waals surface area contributed by atoms with Crippen molar-refractivity contribution in [3.05, 3.63) is 81.8 Å². The van der Waals surface area contributed by atoms with Gasteiger partial charge in [0.25, 0.3) is 5.91 Å². The number of nitrogens with one attached hydrogen (secondary N) is 1. The molecule has 0 aliphatic rings. The minimum atomic E-state index is -0.231. The van der Waals surface area contributed by atoms with E-state index in [9.17, 15) is 4.79 Å². The Hall–Kier alpha value is -2.89. The maximum absolute atomic E-state index is 12.5. The summed E-state index contributed by atoms with van der Waals surface area (Å²) in [6.45, 7) is 1.91. The van der Waals surface area contributed by atoms with Crippen molar-refractivity contribution in [1.82, 2.24) is 15.0 Å². The topological polar surface area (TPSA) is 59.8 Å². The fourth-order valence-electron chi connectivity index (χ4n) is 2.72. The van der Waals surface area contributed by atoms with E-state index in [4.69, 9.17) is 23.2 Å². The van der Waals surface area contributed by atoms with Crippen LogP contribution in [0.3, 0.4) is 0 Å². The van der Waals surface area contributed by atoms with Gasteiger partial charge in [-0.05, 0) is 67.1 Å². The third-order valence-electron chi connectivity index (χ3n) is 4.12. The molecule has 1 aromatic heterocycles. The highest BCUT2D eigenvalue weighted by atomic mass is 35.5. The summed E-state index contributed by atoms with van der Waals surface area (Å²) in [6.07, 6.45) is 0. The van der Waals surface area contributed by atoms with E-state index in [0.717, 1.165) is 16.8 Å². The Labute approximate surface area is 165 Å². The Morgan fingerprint density at radius 1 is 0.926 bits per heavy atom. The molecular formula is C20H14Cl2N4O. The smallest absolute Gasteiger partial charge is 0.255 e. The number of hydrogen-bond acceptors (Lipinski definition) is 3. The van der Waals surface area contributed by atoms with E-state index in [1.54, 1.807) is 41.2 Å². The molecule has 0 bridgehead atoms. The molecule has 4 aromatic rings. The molecule has 3 aromatic carbocycles. The fourth-order valence-corrected chi connectivity index (χ4v) is 3.03. The van der Waals surface area contributed by atoms with Gasteiger partial charge < -0.3 is 5.32 Å². The first-order valence-electron chi connectivity index (χ1n) is 8.20. The van der Waals surface area contributed by atoms with Gasteiger partial charge in [-0.2, -0.15) is 4.80 Å². The second-order valence-corrected chi connectivity index (χ2v) is 6.96. The van der Waals surface area contributed by atoms with E-state index in [1.165, 1.54) is 0 Å². The molecule has 134 valence electrons. The number of aryl methyl sites for hydroxylation is 1. The molecule has 1 N–H and O–H groups in total. The molecule has 0 saturated heterocycles. The molecule has 0 atom stereocenters. The molecule has 0 spiro atoms. The largest absolute Gasteiger partial charge is 0.322 e. The van der Waals surface area contributed by atoms with Gasteiger partial charge in [-0.1, -0.05) is 29.3 Å². The van der Waals surface area contributed by atoms with Crippen molar-refractivity contribution >= 4 is 45.8 Å². The van der Waals surface area contributed by atoms with Crippen LogP contribution in [0.25, 0.3) is 16.7 Å². The van der Waals surface area contributed by atoms with E-state index in [-0.39, 0.29) is 5.91 Å². The van der Waals surface area contributed by atoms with Crippen LogP contribution in [-0.2, 0) is 0 Å². The van der Waals surface area contributed by atoms with Crippen molar-refractivity contribution in [1.29, 1.82) is 0 Å². The molecule has 0 aliphatic heterocycles. The number of fused-ring (bicyclic) bond motifs is 1. The van der Waals surface area contributed by atoms with Crippen LogP contribution in [0.1, 0.15) is 15.9 Å². The first kappa shape index (κ1) is 17.5. The van der Waals surface area contributed by atoms with Gasteiger partial charge in [-0.3, -0.25) is 4.79 Å². The number of amides is 1. The van der Waals surface area contributed by atoms with E-state index < -0.39 is 0 Å². The zero-order chi connectivity index (χ0) is 19.0. The molecule has 7 heteroatoms. The first-order valence-corrected chi connectivity index (χ1v) is 8.96. The third kappa shape index (κ3) is 3.65. The molecule has 27 heavy (non-hydrogen) atoms. The Bertz CT molecular complexity index is 1150. The second-order valence-electron chi connectivity index (χ2n) is 6.09. The van der Waals surface area contributed by atoms with Crippen LogP contribution in [0.2, 0.25) is 10.0 Å². The minimum Gasteiger partial charge on any atom is -0.322 e. The lowest BCUT2D eigenvalue weighted by molar-refractivity contribution is 0.102. The maximum Gasteiger partial charge on any atom is 0.255 e. The maximum atomic E-state index is 12.5. The predicted molar refractivity (Wildman–Crippen MR) is 108 cm³/mol. The van der Waals surface area contributed by atoms with Gasteiger partial charge in [0.05, 0.1) is 5.69 Å². The number of aromatic nitrogens is 3. The molecular weight excluding hydrogens is 383 g/mol. The molecule has 0 fully saturated rings. The predicted octanol–water partition coefficient (Wildman–Crippen LogP) is 5.29. The quantitative estimate of drug-likeness (QED) is 0.511. The molecule has 1 heterocycles. The molecule has 1 amide bonds. The average Bonchev–Trinajstić information content (AvgIpc) is 3.05. The second kappa shape index (κ2) is 7.02. The average molecular weight is 397 g/mol. The normalized spacial score (nSPS) is 10.9. The summed E-state index contributed by atoms with van der Waals surface area (Å²) < 4.78 is 0. The highest BCUT2D eigenvalue weighted by Gasteiger charge is 2.12.